The summed E-state index contributed by atoms with van der Waals surface area (Å²) in [7, 11) is 1.63. The van der Waals surface area contributed by atoms with Crippen molar-refractivity contribution in [1.82, 2.24) is 4.90 Å². The molecule has 1 N–H and O–H groups in total. The summed E-state index contributed by atoms with van der Waals surface area (Å²) in [6.45, 7) is 11.5. The lowest BCUT2D eigenvalue weighted by Crippen LogP contribution is -2.46. The summed E-state index contributed by atoms with van der Waals surface area (Å²) in [5.41, 5.74) is 1.93. The molecule has 0 radical (unpaired) electrons. The molecule has 3 aliphatic rings. The quantitative estimate of drug-likeness (QED) is 0.257. The molecule has 4 atom stereocenters. The predicted molar refractivity (Wildman–Crippen MR) is 186 cm³/mol. The number of hydrogen-bond donors (Lipinski definition) is 1. The standard InChI is InChI=1S/C39H45N3O7/c1-6-18-42-32-17-14-29(41-20-22-48-37(41)46)23-31(32)39(36(42)45)26(2)35(38(3,4)28-12-15-30(47-5)16-13-28)33(49-39)24-34(44)40(19-21-43)25-27-10-8-7-9-11-27/h6-17,23,26,33,35,43H,1,18-22,24-25H2,2-5H3/t26-,33+,35-,39+/m1/s1. The molecular weight excluding hydrogens is 622 g/mol. The van der Waals surface area contributed by atoms with Crippen LogP contribution in [0.1, 0.15) is 43.9 Å². The molecule has 2 fully saturated rings. The molecule has 0 bridgehead atoms. The van der Waals surface area contributed by atoms with Gasteiger partial charge in [0, 0.05) is 42.7 Å². The molecule has 3 aromatic rings. The number of carbonyl (C=O) groups excluding carboxylic acids is 3. The average Bonchev–Trinajstić information content (AvgIpc) is 3.73. The third kappa shape index (κ3) is 5.97. The number of rotatable bonds is 12. The Bertz CT molecular complexity index is 1710. The van der Waals surface area contributed by atoms with Crippen molar-refractivity contribution < 1.29 is 33.7 Å². The predicted octanol–water partition coefficient (Wildman–Crippen LogP) is 5.42. The Morgan fingerprint density at radius 2 is 1.86 bits per heavy atom. The number of nitrogens with zero attached hydrogens (tertiary/aromatic N) is 3. The molecule has 2 saturated heterocycles. The van der Waals surface area contributed by atoms with Gasteiger partial charge in [-0.2, -0.15) is 0 Å². The molecule has 10 heteroatoms. The zero-order valence-electron chi connectivity index (χ0n) is 28.6. The summed E-state index contributed by atoms with van der Waals surface area (Å²) in [6, 6.07) is 23.1. The first-order chi connectivity index (χ1) is 23.6. The van der Waals surface area contributed by atoms with Gasteiger partial charge in [-0.05, 0) is 46.9 Å². The van der Waals surface area contributed by atoms with Crippen molar-refractivity contribution in [2.75, 3.05) is 49.8 Å². The van der Waals surface area contributed by atoms with E-state index in [0.717, 1.165) is 16.9 Å². The van der Waals surface area contributed by atoms with Crippen molar-refractivity contribution in [2.45, 2.75) is 50.9 Å². The van der Waals surface area contributed by atoms with Crippen LogP contribution in [0.4, 0.5) is 16.2 Å². The molecule has 0 aliphatic carbocycles. The molecule has 3 heterocycles. The van der Waals surface area contributed by atoms with E-state index in [9.17, 15) is 19.5 Å². The number of methoxy groups -OCH3 is 1. The number of hydrogen-bond acceptors (Lipinski definition) is 7. The topological polar surface area (TPSA) is 109 Å². The fourth-order valence-electron chi connectivity index (χ4n) is 8.13. The molecule has 3 aromatic carbocycles. The van der Waals surface area contributed by atoms with E-state index in [1.807, 2.05) is 79.7 Å². The Balaban J connectivity index is 1.45. The summed E-state index contributed by atoms with van der Waals surface area (Å²) in [4.78, 5) is 46.5. The van der Waals surface area contributed by atoms with Crippen LogP contribution in [-0.4, -0.2) is 74.0 Å². The normalized spacial score (nSPS) is 23.2. The third-order valence-corrected chi connectivity index (χ3v) is 10.5. The zero-order valence-corrected chi connectivity index (χ0v) is 28.6. The lowest BCUT2D eigenvalue weighted by atomic mass is 9.63. The Morgan fingerprint density at radius 3 is 2.49 bits per heavy atom. The van der Waals surface area contributed by atoms with Crippen LogP contribution in [0.2, 0.25) is 0 Å². The Hall–Kier alpha value is -4.67. The summed E-state index contributed by atoms with van der Waals surface area (Å²) in [5.74, 6) is -0.377. The lowest BCUT2D eigenvalue weighted by Gasteiger charge is -2.39. The van der Waals surface area contributed by atoms with E-state index in [-0.39, 0.29) is 50.5 Å². The molecule has 3 aliphatic heterocycles. The number of anilines is 2. The maximum atomic E-state index is 14.8. The van der Waals surface area contributed by atoms with E-state index in [4.69, 9.17) is 14.2 Å². The van der Waals surface area contributed by atoms with E-state index in [1.54, 1.807) is 27.9 Å². The highest BCUT2D eigenvalue weighted by Crippen LogP contribution is 2.60. The maximum absolute atomic E-state index is 14.8. The maximum Gasteiger partial charge on any atom is 0.414 e. The fourth-order valence-corrected chi connectivity index (χ4v) is 8.13. The van der Waals surface area contributed by atoms with Gasteiger partial charge in [0.25, 0.3) is 5.91 Å². The highest BCUT2D eigenvalue weighted by molar-refractivity contribution is 6.08. The van der Waals surface area contributed by atoms with Gasteiger partial charge in [-0.25, -0.2) is 4.79 Å². The third-order valence-electron chi connectivity index (χ3n) is 10.5. The molecule has 10 nitrogen and oxygen atoms in total. The summed E-state index contributed by atoms with van der Waals surface area (Å²) < 4.78 is 17.8. The van der Waals surface area contributed by atoms with Crippen molar-refractivity contribution in [3.63, 3.8) is 0 Å². The molecule has 1 spiro atoms. The molecule has 3 amide bonds. The Kier molecular flexibility index (Phi) is 9.55. The smallest absolute Gasteiger partial charge is 0.414 e. The second-order valence-corrected chi connectivity index (χ2v) is 13.6. The van der Waals surface area contributed by atoms with Crippen molar-refractivity contribution >= 4 is 29.3 Å². The largest absolute Gasteiger partial charge is 0.497 e. The Morgan fingerprint density at radius 1 is 1.12 bits per heavy atom. The monoisotopic (exact) mass is 667 g/mol. The molecule has 0 saturated carbocycles. The number of fused-ring (bicyclic) bond motifs is 2. The van der Waals surface area contributed by atoms with Crippen LogP contribution in [0.3, 0.4) is 0 Å². The molecule has 0 unspecified atom stereocenters. The number of ether oxygens (including phenoxy) is 3. The van der Waals surface area contributed by atoms with Gasteiger partial charge >= 0.3 is 6.09 Å². The second kappa shape index (κ2) is 13.7. The highest BCUT2D eigenvalue weighted by Gasteiger charge is 2.66. The average molecular weight is 668 g/mol. The van der Waals surface area contributed by atoms with Crippen LogP contribution < -0.4 is 14.5 Å². The van der Waals surface area contributed by atoms with Crippen LogP contribution in [0.25, 0.3) is 0 Å². The van der Waals surface area contributed by atoms with Gasteiger partial charge in [0.05, 0.1) is 38.5 Å². The van der Waals surface area contributed by atoms with Crippen LogP contribution >= 0.6 is 0 Å². The molecule has 258 valence electrons. The van der Waals surface area contributed by atoms with Gasteiger partial charge in [0.15, 0.2) is 5.60 Å². The van der Waals surface area contributed by atoms with Gasteiger partial charge < -0.3 is 29.1 Å². The van der Waals surface area contributed by atoms with Gasteiger partial charge in [0.2, 0.25) is 5.91 Å². The number of aliphatic hydroxyl groups excluding tert-OH is 1. The summed E-state index contributed by atoms with van der Waals surface area (Å²) in [6.07, 6.45) is 0.580. The number of aliphatic hydroxyl groups is 1. The van der Waals surface area contributed by atoms with Crippen LogP contribution in [-0.2, 0) is 36.6 Å². The number of carbonyl (C=O) groups is 3. The number of benzene rings is 3. The van der Waals surface area contributed by atoms with Gasteiger partial charge in [-0.1, -0.05) is 69.3 Å². The van der Waals surface area contributed by atoms with Crippen LogP contribution in [0.15, 0.2) is 85.5 Å². The van der Waals surface area contributed by atoms with Crippen molar-refractivity contribution in [3.8, 4) is 5.75 Å². The van der Waals surface area contributed by atoms with E-state index in [1.165, 1.54) is 0 Å². The minimum atomic E-state index is -1.43. The fraction of sp³-hybridized carbons (Fsp3) is 0.410. The number of amides is 3. The summed E-state index contributed by atoms with van der Waals surface area (Å²) >= 11 is 0. The van der Waals surface area contributed by atoms with Crippen LogP contribution in [0, 0.1) is 11.8 Å². The van der Waals surface area contributed by atoms with Crippen molar-refractivity contribution in [1.29, 1.82) is 0 Å². The van der Waals surface area contributed by atoms with Crippen molar-refractivity contribution in [2.24, 2.45) is 11.8 Å². The van der Waals surface area contributed by atoms with Gasteiger partial charge in [0.1, 0.15) is 12.4 Å². The minimum absolute atomic E-state index is 0.00535. The zero-order chi connectivity index (χ0) is 34.9. The molecule has 0 aromatic heterocycles. The molecular formula is C39H45N3O7. The van der Waals surface area contributed by atoms with E-state index in [0.29, 0.717) is 30.0 Å². The first kappa shape index (κ1) is 34.2. The van der Waals surface area contributed by atoms with E-state index < -0.39 is 29.1 Å². The summed E-state index contributed by atoms with van der Waals surface area (Å²) in [5, 5.41) is 9.93. The van der Waals surface area contributed by atoms with Gasteiger partial charge in [-0.15, -0.1) is 6.58 Å². The molecule has 49 heavy (non-hydrogen) atoms. The first-order valence-corrected chi connectivity index (χ1v) is 16.8. The molecule has 6 rings (SSSR count). The Labute approximate surface area is 287 Å². The van der Waals surface area contributed by atoms with Crippen molar-refractivity contribution in [3.05, 3.63) is 102 Å². The van der Waals surface area contributed by atoms with Crippen LogP contribution in [0.5, 0.6) is 5.75 Å². The minimum Gasteiger partial charge on any atom is -0.497 e. The SMILES string of the molecule is C=CCN1C(=O)[C@@]2(O[C@@H](CC(=O)N(CCO)Cc3ccccc3)[C@H](C(C)(C)c3ccc(OC)cc3)[C@H]2C)c2cc(N3CCOC3=O)ccc21. The highest BCUT2D eigenvalue weighted by atomic mass is 16.6. The van der Waals surface area contributed by atoms with Gasteiger partial charge in [-0.3, -0.25) is 14.5 Å². The van der Waals surface area contributed by atoms with E-state index in [2.05, 4.69) is 20.4 Å². The first-order valence-electron chi connectivity index (χ1n) is 16.8. The second-order valence-electron chi connectivity index (χ2n) is 13.6. The number of cyclic esters (lactones) is 1. The van der Waals surface area contributed by atoms with E-state index >= 15 is 0 Å². The lowest BCUT2D eigenvalue weighted by molar-refractivity contribution is -0.150.